The molecule has 0 aromatic heterocycles. The molecule has 0 aromatic rings. The standard InChI is InChI=1S/C10H22S.C9H20S/c1-9(2,3)7-8-11-10(4,5)6;1-8(2,3)7-10-9(4,5)6/h7-8H2,1-6H3;7H2,1-6H3. The van der Waals surface area contributed by atoms with E-state index in [0.717, 1.165) is 0 Å². The molecule has 0 radical (unpaired) electrons. The van der Waals surface area contributed by atoms with E-state index in [4.69, 9.17) is 0 Å². The lowest BCUT2D eigenvalue weighted by Crippen LogP contribution is -2.16. The Morgan fingerprint density at radius 1 is 0.524 bits per heavy atom. The molecule has 0 heterocycles. The Kier molecular flexibility index (Phi) is 10.4. The molecule has 0 nitrogen and oxygen atoms in total. The summed E-state index contributed by atoms with van der Waals surface area (Å²) in [6, 6.07) is 0. The van der Waals surface area contributed by atoms with Crippen LogP contribution in [0.2, 0.25) is 0 Å². The van der Waals surface area contributed by atoms with Crippen LogP contribution in [0.15, 0.2) is 0 Å². The number of rotatable bonds is 3. The average Bonchev–Trinajstić information content (AvgIpc) is 2.09. The SMILES string of the molecule is CC(C)(C)CCSC(C)(C)C.CC(C)(C)CSC(C)(C)C. The van der Waals surface area contributed by atoms with Crippen LogP contribution in [0.4, 0.5) is 0 Å². The highest BCUT2D eigenvalue weighted by atomic mass is 32.2. The van der Waals surface area contributed by atoms with E-state index in [9.17, 15) is 0 Å². The molecule has 0 aromatic carbocycles. The van der Waals surface area contributed by atoms with Crippen molar-refractivity contribution in [3.8, 4) is 0 Å². The minimum Gasteiger partial charge on any atom is -0.156 e. The largest absolute Gasteiger partial charge is 0.156 e. The topological polar surface area (TPSA) is 0 Å². The highest BCUT2D eigenvalue weighted by Gasteiger charge is 2.17. The third-order valence-corrected chi connectivity index (χ3v) is 5.48. The summed E-state index contributed by atoms with van der Waals surface area (Å²) >= 11 is 4.10. The van der Waals surface area contributed by atoms with Gasteiger partial charge in [0.05, 0.1) is 0 Å². The molecule has 2 heteroatoms. The summed E-state index contributed by atoms with van der Waals surface area (Å²) in [4.78, 5) is 0. The molecule has 0 spiro atoms. The van der Waals surface area contributed by atoms with Crippen LogP contribution >= 0.6 is 23.5 Å². The summed E-state index contributed by atoms with van der Waals surface area (Å²) in [5.74, 6) is 2.53. The summed E-state index contributed by atoms with van der Waals surface area (Å²) in [5.41, 5.74) is 0.968. The predicted octanol–water partition coefficient (Wildman–Crippen LogP) is 7.52. The molecule has 0 rings (SSSR count). The second kappa shape index (κ2) is 9.11. The van der Waals surface area contributed by atoms with Crippen molar-refractivity contribution in [1.82, 2.24) is 0 Å². The van der Waals surface area contributed by atoms with E-state index >= 15 is 0 Å². The van der Waals surface area contributed by atoms with Gasteiger partial charge in [-0.1, -0.05) is 83.1 Å². The van der Waals surface area contributed by atoms with Gasteiger partial charge in [0.15, 0.2) is 0 Å². The van der Waals surface area contributed by atoms with Crippen LogP contribution in [-0.2, 0) is 0 Å². The van der Waals surface area contributed by atoms with Gasteiger partial charge in [-0.3, -0.25) is 0 Å². The van der Waals surface area contributed by atoms with E-state index in [1.54, 1.807) is 0 Å². The summed E-state index contributed by atoms with van der Waals surface area (Å²) < 4.78 is 0.860. The molecule has 130 valence electrons. The van der Waals surface area contributed by atoms with E-state index in [0.29, 0.717) is 20.3 Å². The fraction of sp³-hybridized carbons (Fsp3) is 1.00. The molecule has 0 amide bonds. The van der Waals surface area contributed by atoms with E-state index < -0.39 is 0 Å². The molecule has 21 heavy (non-hydrogen) atoms. The zero-order valence-electron chi connectivity index (χ0n) is 16.9. The third kappa shape index (κ3) is 29.4. The van der Waals surface area contributed by atoms with Crippen molar-refractivity contribution in [3.63, 3.8) is 0 Å². The van der Waals surface area contributed by atoms with Gasteiger partial charge in [-0.15, -0.1) is 0 Å². The zero-order chi connectivity index (χ0) is 17.5. The molecule has 0 N–H and O–H groups in total. The van der Waals surface area contributed by atoms with Crippen molar-refractivity contribution < 1.29 is 0 Å². The van der Waals surface area contributed by atoms with Crippen LogP contribution in [0.25, 0.3) is 0 Å². The van der Waals surface area contributed by atoms with Crippen molar-refractivity contribution in [2.45, 2.75) is 99.0 Å². The van der Waals surface area contributed by atoms with Gasteiger partial charge < -0.3 is 0 Å². The van der Waals surface area contributed by atoms with Gasteiger partial charge in [0.2, 0.25) is 0 Å². The Bertz CT molecular complexity index is 225. The predicted molar refractivity (Wildman–Crippen MR) is 108 cm³/mol. The Morgan fingerprint density at radius 2 is 0.905 bits per heavy atom. The zero-order valence-corrected chi connectivity index (χ0v) is 18.6. The lowest BCUT2D eigenvalue weighted by Gasteiger charge is -2.24. The lowest BCUT2D eigenvalue weighted by molar-refractivity contribution is 0.401. The van der Waals surface area contributed by atoms with Gasteiger partial charge in [-0.2, -0.15) is 23.5 Å². The van der Waals surface area contributed by atoms with Gasteiger partial charge in [-0.25, -0.2) is 0 Å². The Labute approximate surface area is 145 Å². The highest BCUT2D eigenvalue weighted by Crippen LogP contribution is 2.30. The average molecular weight is 335 g/mol. The maximum absolute atomic E-state index is 2.30. The van der Waals surface area contributed by atoms with E-state index in [-0.39, 0.29) is 0 Å². The second-order valence-corrected chi connectivity index (χ2v) is 14.0. The second-order valence-electron chi connectivity index (χ2n) is 10.2. The first kappa shape index (κ1) is 24.0. The molecule has 0 aliphatic rings. The van der Waals surface area contributed by atoms with Gasteiger partial charge in [0.1, 0.15) is 0 Å². The smallest absolute Gasteiger partial charge is 0.00752 e. The molecule has 0 atom stereocenters. The monoisotopic (exact) mass is 334 g/mol. The maximum Gasteiger partial charge on any atom is 0.00752 e. The fourth-order valence-corrected chi connectivity index (χ4v) is 3.29. The molecule has 0 unspecified atom stereocenters. The van der Waals surface area contributed by atoms with Gasteiger partial charge in [0.25, 0.3) is 0 Å². The summed E-state index contributed by atoms with van der Waals surface area (Å²) in [7, 11) is 0. The first-order chi connectivity index (χ1) is 8.91. The van der Waals surface area contributed by atoms with E-state index in [1.165, 1.54) is 17.9 Å². The van der Waals surface area contributed by atoms with Gasteiger partial charge in [-0.05, 0) is 28.8 Å². The van der Waals surface area contributed by atoms with Crippen LogP contribution in [-0.4, -0.2) is 21.0 Å². The molecule has 0 aliphatic heterocycles. The summed E-state index contributed by atoms with van der Waals surface area (Å²) in [5, 5.41) is 0. The molecule has 0 saturated heterocycles. The van der Waals surface area contributed by atoms with Gasteiger partial charge in [0, 0.05) is 9.49 Å². The molecular formula is C19H42S2. The first-order valence-electron chi connectivity index (χ1n) is 8.19. The third-order valence-electron chi connectivity index (χ3n) is 2.33. The van der Waals surface area contributed by atoms with Crippen LogP contribution in [0, 0.1) is 10.8 Å². The first-order valence-corrected chi connectivity index (χ1v) is 10.2. The number of hydrogen-bond donors (Lipinski definition) is 0. The van der Waals surface area contributed by atoms with Crippen LogP contribution in [0.3, 0.4) is 0 Å². The Hall–Kier alpha value is 0.700. The fourth-order valence-electron chi connectivity index (χ4n) is 1.10. The molecule has 0 saturated carbocycles. The summed E-state index contributed by atoms with van der Waals surface area (Å²) in [6.07, 6.45) is 1.31. The molecule has 0 bridgehead atoms. The van der Waals surface area contributed by atoms with Crippen molar-refractivity contribution in [1.29, 1.82) is 0 Å². The van der Waals surface area contributed by atoms with Crippen molar-refractivity contribution in [2.75, 3.05) is 11.5 Å². The van der Waals surface area contributed by atoms with Gasteiger partial charge >= 0.3 is 0 Å². The Morgan fingerprint density at radius 3 is 1.10 bits per heavy atom. The normalized spacial score (nSPS) is 13.7. The quantitative estimate of drug-likeness (QED) is 0.523. The van der Waals surface area contributed by atoms with Crippen LogP contribution in [0.1, 0.15) is 89.5 Å². The Balaban J connectivity index is 0. The molecule has 0 aliphatic carbocycles. The van der Waals surface area contributed by atoms with Crippen molar-refractivity contribution >= 4 is 23.5 Å². The van der Waals surface area contributed by atoms with E-state index in [2.05, 4.69) is 94.8 Å². The highest BCUT2D eigenvalue weighted by molar-refractivity contribution is 8.00. The minimum atomic E-state index is 0.424. The lowest BCUT2D eigenvalue weighted by atomic mass is 9.94. The van der Waals surface area contributed by atoms with Crippen LogP contribution < -0.4 is 0 Å². The van der Waals surface area contributed by atoms with Crippen molar-refractivity contribution in [3.05, 3.63) is 0 Å². The maximum atomic E-state index is 2.30. The number of hydrogen-bond acceptors (Lipinski definition) is 2. The van der Waals surface area contributed by atoms with Crippen LogP contribution in [0.5, 0.6) is 0 Å². The molecule has 0 fully saturated rings. The number of thioether (sulfide) groups is 2. The molecular weight excluding hydrogens is 292 g/mol. The van der Waals surface area contributed by atoms with E-state index in [1.807, 2.05) is 11.8 Å². The minimum absolute atomic E-state index is 0.424. The summed E-state index contributed by atoms with van der Waals surface area (Å²) in [6.45, 7) is 27.4. The van der Waals surface area contributed by atoms with Crippen molar-refractivity contribution in [2.24, 2.45) is 10.8 Å².